The van der Waals surface area contributed by atoms with Crippen molar-refractivity contribution in [2.75, 3.05) is 19.8 Å². The number of hydrogen-bond donors (Lipinski definition) is 2. The Balaban J connectivity index is 1.83. The largest absolute Gasteiger partial charge is 0.394 e. The molecule has 2 rings (SSSR count). The van der Waals surface area contributed by atoms with Crippen LogP contribution in [0.5, 0.6) is 0 Å². The molecule has 0 spiro atoms. The highest BCUT2D eigenvalue weighted by atomic mass is 16.5. The van der Waals surface area contributed by atoms with Crippen LogP contribution in [0.3, 0.4) is 0 Å². The van der Waals surface area contributed by atoms with Crippen molar-refractivity contribution in [3.8, 4) is 0 Å². The first-order chi connectivity index (χ1) is 7.66. The number of aliphatic hydroxyl groups is 1. The predicted octanol–water partition coefficient (Wildman–Crippen LogP) is 1.55. The molecule has 1 unspecified atom stereocenters. The fourth-order valence-corrected chi connectivity index (χ4v) is 2.40. The third-order valence-electron chi connectivity index (χ3n) is 3.63. The first-order valence-corrected chi connectivity index (χ1v) is 6.62. The zero-order valence-electron chi connectivity index (χ0n) is 10.5. The summed E-state index contributed by atoms with van der Waals surface area (Å²) in [6.45, 7) is 6.01. The Morgan fingerprint density at radius 2 is 2.00 bits per heavy atom. The molecule has 0 aromatic rings. The van der Waals surface area contributed by atoms with E-state index in [0.717, 1.165) is 12.5 Å². The maximum Gasteiger partial charge on any atom is 0.0681 e. The highest BCUT2D eigenvalue weighted by Gasteiger charge is 2.45. The monoisotopic (exact) mass is 227 g/mol. The van der Waals surface area contributed by atoms with Crippen molar-refractivity contribution in [2.24, 2.45) is 11.8 Å². The molecule has 3 nitrogen and oxygen atoms in total. The minimum Gasteiger partial charge on any atom is -0.394 e. The third-order valence-corrected chi connectivity index (χ3v) is 3.63. The first kappa shape index (κ1) is 12.3. The summed E-state index contributed by atoms with van der Waals surface area (Å²) < 4.78 is 5.79. The van der Waals surface area contributed by atoms with E-state index in [4.69, 9.17) is 4.74 Å². The number of nitrogens with one attached hydrogen (secondary N) is 1. The van der Waals surface area contributed by atoms with E-state index >= 15 is 0 Å². The fraction of sp³-hybridized carbons (Fsp3) is 1.00. The molecule has 3 heteroatoms. The van der Waals surface area contributed by atoms with Crippen molar-refractivity contribution in [1.29, 1.82) is 0 Å². The van der Waals surface area contributed by atoms with Gasteiger partial charge in [0.15, 0.2) is 0 Å². The van der Waals surface area contributed by atoms with Gasteiger partial charge in [-0.05, 0) is 37.5 Å². The topological polar surface area (TPSA) is 41.5 Å². The zero-order chi connectivity index (χ0) is 11.6. The summed E-state index contributed by atoms with van der Waals surface area (Å²) in [6.07, 6.45) is 5.11. The van der Waals surface area contributed by atoms with Crippen LogP contribution in [0.2, 0.25) is 0 Å². The lowest BCUT2D eigenvalue weighted by Crippen LogP contribution is -2.56. The van der Waals surface area contributed by atoms with Gasteiger partial charge in [-0.2, -0.15) is 0 Å². The van der Waals surface area contributed by atoms with E-state index in [1.807, 2.05) is 0 Å². The van der Waals surface area contributed by atoms with Crippen molar-refractivity contribution < 1.29 is 9.84 Å². The Bertz CT molecular complexity index is 224. The predicted molar refractivity (Wildman–Crippen MR) is 64.4 cm³/mol. The third kappa shape index (κ3) is 3.19. The molecule has 2 aliphatic carbocycles. The zero-order valence-corrected chi connectivity index (χ0v) is 10.5. The Labute approximate surface area is 98.6 Å². The molecular weight excluding hydrogens is 202 g/mol. The van der Waals surface area contributed by atoms with Crippen LogP contribution in [-0.4, -0.2) is 36.5 Å². The molecular formula is C13H25NO2. The molecule has 2 fully saturated rings. The van der Waals surface area contributed by atoms with Crippen LogP contribution in [-0.2, 0) is 4.74 Å². The van der Waals surface area contributed by atoms with Gasteiger partial charge < -0.3 is 15.2 Å². The SMILES string of the molecule is CC(C)NC(CO)(COCC1CC1)C1CC1. The molecule has 1 atom stereocenters. The van der Waals surface area contributed by atoms with Gasteiger partial charge in [0.25, 0.3) is 0 Å². The van der Waals surface area contributed by atoms with E-state index in [1.54, 1.807) is 0 Å². The van der Waals surface area contributed by atoms with Gasteiger partial charge in [-0.25, -0.2) is 0 Å². The average molecular weight is 227 g/mol. The molecule has 0 aliphatic heterocycles. The minimum absolute atomic E-state index is 0.178. The van der Waals surface area contributed by atoms with Gasteiger partial charge in [0.1, 0.15) is 0 Å². The quantitative estimate of drug-likeness (QED) is 0.661. The number of hydrogen-bond acceptors (Lipinski definition) is 3. The molecule has 0 aromatic heterocycles. The average Bonchev–Trinajstić information content (AvgIpc) is 3.07. The van der Waals surface area contributed by atoms with Crippen molar-refractivity contribution >= 4 is 0 Å². The lowest BCUT2D eigenvalue weighted by Gasteiger charge is -2.35. The molecule has 0 heterocycles. The Morgan fingerprint density at radius 1 is 1.31 bits per heavy atom. The van der Waals surface area contributed by atoms with Crippen molar-refractivity contribution in [3.05, 3.63) is 0 Å². The van der Waals surface area contributed by atoms with Gasteiger partial charge in [0.2, 0.25) is 0 Å². The van der Waals surface area contributed by atoms with Crippen molar-refractivity contribution in [2.45, 2.75) is 51.1 Å². The van der Waals surface area contributed by atoms with E-state index in [2.05, 4.69) is 19.2 Å². The van der Waals surface area contributed by atoms with E-state index in [9.17, 15) is 5.11 Å². The number of ether oxygens (including phenoxy) is 1. The van der Waals surface area contributed by atoms with E-state index < -0.39 is 0 Å². The molecule has 0 aromatic carbocycles. The normalized spacial score (nSPS) is 24.8. The molecule has 0 bridgehead atoms. The summed E-state index contributed by atoms with van der Waals surface area (Å²) in [7, 11) is 0. The van der Waals surface area contributed by atoms with Gasteiger partial charge in [0, 0.05) is 12.6 Å². The molecule has 2 saturated carbocycles. The van der Waals surface area contributed by atoms with Crippen LogP contribution in [0.15, 0.2) is 0 Å². The standard InChI is InChI=1S/C13H25NO2/c1-10(2)14-13(8-15,12-5-6-12)9-16-7-11-3-4-11/h10-12,14-15H,3-9H2,1-2H3. The van der Waals surface area contributed by atoms with E-state index in [0.29, 0.717) is 18.6 Å². The second-order valence-corrected chi connectivity index (χ2v) is 5.85. The molecule has 94 valence electrons. The van der Waals surface area contributed by atoms with Gasteiger partial charge in [-0.15, -0.1) is 0 Å². The van der Waals surface area contributed by atoms with Crippen LogP contribution >= 0.6 is 0 Å². The molecule has 0 radical (unpaired) electrons. The number of rotatable bonds is 8. The van der Waals surface area contributed by atoms with Crippen LogP contribution < -0.4 is 5.32 Å². The lowest BCUT2D eigenvalue weighted by atomic mass is 9.94. The van der Waals surface area contributed by atoms with Crippen molar-refractivity contribution in [3.63, 3.8) is 0 Å². The molecule has 0 saturated heterocycles. The fourth-order valence-electron chi connectivity index (χ4n) is 2.40. The Hall–Kier alpha value is -0.120. The summed E-state index contributed by atoms with van der Waals surface area (Å²) in [6, 6.07) is 0.400. The lowest BCUT2D eigenvalue weighted by molar-refractivity contribution is 0.0154. The van der Waals surface area contributed by atoms with Crippen LogP contribution in [0.1, 0.15) is 39.5 Å². The summed E-state index contributed by atoms with van der Waals surface area (Å²) >= 11 is 0. The summed E-state index contributed by atoms with van der Waals surface area (Å²) in [5.41, 5.74) is -0.178. The second-order valence-electron chi connectivity index (χ2n) is 5.85. The highest BCUT2D eigenvalue weighted by molar-refractivity contribution is 5.01. The maximum absolute atomic E-state index is 9.67. The number of aliphatic hydroxyl groups excluding tert-OH is 1. The van der Waals surface area contributed by atoms with Crippen LogP contribution in [0.25, 0.3) is 0 Å². The molecule has 2 aliphatic rings. The Morgan fingerprint density at radius 3 is 2.44 bits per heavy atom. The van der Waals surface area contributed by atoms with E-state index in [-0.39, 0.29) is 12.1 Å². The highest BCUT2D eigenvalue weighted by Crippen LogP contribution is 2.40. The minimum atomic E-state index is -0.178. The molecule has 2 N–H and O–H groups in total. The van der Waals surface area contributed by atoms with Crippen LogP contribution in [0.4, 0.5) is 0 Å². The summed E-state index contributed by atoms with van der Waals surface area (Å²) in [5.74, 6) is 1.41. The summed E-state index contributed by atoms with van der Waals surface area (Å²) in [5, 5.41) is 13.2. The van der Waals surface area contributed by atoms with Gasteiger partial charge in [-0.1, -0.05) is 13.8 Å². The van der Waals surface area contributed by atoms with Gasteiger partial charge in [0.05, 0.1) is 18.8 Å². The van der Waals surface area contributed by atoms with E-state index in [1.165, 1.54) is 25.7 Å². The van der Waals surface area contributed by atoms with Crippen LogP contribution in [0, 0.1) is 11.8 Å². The molecule has 0 amide bonds. The molecule has 16 heavy (non-hydrogen) atoms. The second kappa shape index (κ2) is 5.03. The van der Waals surface area contributed by atoms with Crippen molar-refractivity contribution in [1.82, 2.24) is 5.32 Å². The Kier molecular flexibility index (Phi) is 3.88. The smallest absolute Gasteiger partial charge is 0.0681 e. The first-order valence-electron chi connectivity index (χ1n) is 6.62. The van der Waals surface area contributed by atoms with Gasteiger partial charge >= 0.3 is 0 Å². The van der Waals surface area contributed by atoms with Gasteiger partial charge in [-0.3, -0.25) is 0 Å². The summed E-state index contributed by atoms with van der Waals surface area (Å²) in [4.78, 5) is 0. The maximum atomic E-state index is 9.67.